The highest BCUT2D eigenvalue weighted by Gasteiger charge is 2.18. The third-order valence-electron chi connectivity index (χ3n) is 6.25. The molecule has 0 spiro atoms. The van der Waals surface area contributed by atoms with Gasteiger partial charge in [0, 0.05) is 61.9 Å². The van der Waals surface area contributed by atoms with Crippen LogP contribution in [-0.4, -0.2) is 61.2 Å². The molecule has 194 valence electrons. The monoisotopic (exact) mass is 508 g/mol. The van der Waals surface area contributed by atoms with Crippen LogP contribution in [0.1, 0.15) is 49.2 Å². The predicted octanol–water partition coefficient (Wildman–Crippen LogP) is 5.62. The van der Waals surface area contributed by atoms with E-state index in [0.717, 1.165) is 41.6 Å². The Hall–Kier alpha value is -2.74. The highest BCUT2D eigenvalue weighted by atomic mass is 32.1. The Labute approximate surface area is 220 Å². The summed E-state index contributed by atoms with van der Waals surface area (Å²) in [6.07, 6.45) is 0. The first-order valence-electron chi connectivity index (χ1n) is 12.7. The normalized spacial score (nSPS) is 11.5. The molecule has 6 nitrogen and oxygen atoms in total. The Balaban J connectivity index is 1.78. The van der Waals surface area contributed by atoms with Crippen molar-refractivity contribution in [1.29, 1.82) is 0 Å². The maximum Gasteiger partial charge on any atom is 0.251 e. The molecule has 0 fully saturated rings. The van der Waals surface area contributed by atoms with E-state index in [1.165, 1.54) is 5.56 Å². The number of anilines is 1. The lowest BCUT2D eigenvalue weighted by atomic mass is 10.1. The number of rotatable bonds is 13. The van der Waals surface area contributed by atoms with Crippen molar-refractivity contribution < 1.29 is 9.53 Å². The molecule has 2 aromatic carbocycles. The van der Waals surface area contributed by atoms with Gasteiger partial charge in [0.25, 0.3) is 5.91 Å². The van der Waals surface area contributed by atoms with E-state index in [-0.39, 0.29) is 5.91 Å². The molecule has 1 amide bonds. The van der Waals surface area contributed by atoms with Gasteiger partial charge in [0.2, 0.25) is 0 Å². The Kier molecular flexibility index (Phi) is 10.5. The molecule has 3 aromatic rings. The van der Waals surface area contributed by atoms with E-state index >= 15 is 0 Å². The van der Waals surface area contributed by atoms with E-state index < -0.39 is 0 Å². The molecule has 0 aliphatic heterocycles. The number of nitrogens with one attached hydrogen (secondary N) is 1. The first-order chi connectivity index (χ1) is 17.3. The van der Waals surface area contributed by atoms with E-state index in [9.17, 15) is 4.79 Å². The van der Waals surface area contributed by atoms with Crippen molar-refractivity contribution in [2.24, 2.45) is 0 Å². The van der Waals surface area contributed by atoms with Crippen LogP contribution in [0, 0.1) is 6.92 Å². The van der Waals surface area contributed by atoms with E-state index in [1.54, 1.807) is 18.4 Å². The molecule has 3 rings (SSSR count). The summed E-state index contributed by atoms with van der Waals surface area (Å²) in [7, 11) is 1.63. The lowest BCUT2D eigenvalue weighted by Gasteiger charge is -2.33. The van der Waals surface area contributed by atoms with Gasteiger partial charge in [-0.25, -0.2) is 4.98 Å². The second kappa shape index (κ2) is 13.5. The van der Waals surface area contributed by atoms with Crippen LogP contribution < -0.4 is 10.2 Å². The number of methoxy groups -OCH3 is 1. The number of carbonyl (C=O) groups is 1. The number of aryl methyl sites for hydroxylation is 1. The maximum atomic E-state index is 12.3. The number of aromatic nitrogens is 1. The van der Waals surface area contributed by atoms with Crippen LogP contribution in [0.25, 0.3) is 11.3 Å². The molecule has 7 heteroatoms. The van der Waals surface area contributed by atoms with Crippen LogP contribution in [0.3, 0.4) is 0 Å². The van der Waals surface area contributed by atoms with E-state index in [4.69, 9.17) is 9.72 Å². The SMILES string of the molecule is COCCNC(=O)c1ccc(CN(CCN(C(C)C)C(C)C)c2nc(-c3ccc(C)cc3)cs2)cc1. The molecule has 36 heavy (non-hydrogen) atoms. The third kappa shape index (κ3) is 7.88. The van der Waals surface area contributed by atoms with Crippen LogP contribution in [-0.2, 0) is 11.3 Å². The number of amides is 1. The lowest BCUT2D eigenvalue weighted by Crippen LogP contribution is -2.42. The number of nitrogens with zero attached hydrogens (tertiary/aromatic N) is 3. The molecule has 0 aliphatic carbocycles. The summed E-state index contributed by atoms with van der Waals surface area (Å²) in [5.74, 6) is -0.0809. The van der Waals surface area contributed by atoms with E-state index in [0.29, 0.717) is 30.8 Å². The quantitative estimate of drug-likeness (QED) is 0.304. The van der Waals surface area contributed by atoms with Gasteiger partial charge in [0.15, 0.2) is 5.13 Å². The van der Waals surface area contributed by atoms with Crippen molar-refractivity contribution in [1.82, 2.24) is 15.2 Å². The Morgan fingerprint density at radius 1 is 1.00 bits per heavy atom. The first-order valence-corrected chi connectivity index (χ1v) is 13.6. The number of carbonyl (C=O) groups excluding carboxylic acids is 1. The highest BCUT2D eigenvalue weighted by molar-refractivity contribution is 7.14. The topological polar surface area (TPSA) is 57.7 Å². The smallest absolute Gasteiger partial charge is 0.251 e. The lowest BCUT2D eigenvalue weighted by molar-refractivity contribution is 0.0937. The summed E-state index contributed by atoms with van der Waals surface area (Å²) < 4.78 is 5.01. The van der Waals surface area contributed by atoms with Gasteiger partial charge < -0.3 is 15.0 Å². The fraction of sp³-hybridized carbons (Fsp3) is 0.448. The minimum atomic E-state index is -0.0809. The number of hydrogen-bond acceptors (Lipinski definition) is 6. The second-order valence-corrected chi connectivity index (χ2v) is 10.5. The molecular weight excluding hydrogens is 468 g/mol. The summed E-state index contributed by atoms with van der Waals surface area (Å²) in [6, 6.07) is 17.3. The van der Waals surface area contributed by atoms with Crippen molar-refractivity contribution >= 4 is 22.4 Å². The van der Waals surface area contributed by atoms with Crippen LogP contribution in [0.5, 0.6) is 0 Å². The van der Waals surface area contributed by atoms with Crippen LogP contribution in [0.15, 0.2) is 53.9 Å². The summed E-state index contributed by atoms with van der Waals surface area (Å²) in [5, 5.41) is 6.03. The van der Waals surface area contributed by atoms with Crippen molar-refractivity contribution in [3.05, 3.63) is 70.6 Å². The number of ether oxygens (including phenoxy) is 1. The van der Waals surface area contributed by atoms with Crippen molar-refractivity contribution in [3.63, 3.8) is 0 Å². The summed E-state index contributed by atoms with van der Waals surface area (Å²) >= 11 is 1.68. The highest BCUT2D eigenvalue weighted by Crippen LogP contribution is 2.29. The predicted molar refractivity (Wildman–Crippen MR) is 151 cm³/mol. The number of thiazole rings is 1. The van der Waals surface area contributed by atoms with Gasteiger partial charge in [-0.3, -0.25) is 9.69 Å². The van der Waals surface area contributed by atoms with Gasteiger partial charge in [-0.1, -0.05) is 42.0 Å². The molecule has 1 aromatic heterocycles. The van der Waals surface area contributed by atoms with Crippen LogP contribution >= 0.6 is 11.3 Å². The fourth-order valence-corrected chi connectivity index (χ4v) is 5.07. The fourth-order valence-electron chi connectivity index (χ4n) is 4.21. The minimum absolute atomic E-state index is 0.0809. The minimum Gasteiger partial charge on any atom is -0.383 e. The molecule has 0 unspecified atom stereocenters. The summed E-state index contributed by atoms with van der Waals surface area (Å²) in [5.41, 5.74) is 5.19. The van der Waals surface area contributed by atoms with E-state index in [2.05, 4.69) is 79.4 Å². The van der Waals surface area contributed by atoms with Gasteiger partial charge in [0.1, 0.15) is 0 Å². The molecule has 0 bridgehead atoms. The zero-order valence-corrected chi connectivity index (χ0v) is 23.3. The molecule has 1 N–H and O–H groups in total. The molecular formula is C29H40N4O2S. The van der Waals surface area contributed by atoms with Gasteiger partial charge in [0.05, 0.1) is 12.3 Å². The zero-order chi connectivity index (χ0) is 26.1. The largest absolute Gasteiger partial charge is 0.383 e. The van der Waals surface area contributed by atoms with Gasteiger partial charge >= 0.3 is 0 Å². The third-order valence-corrected chi connectivity index (χ3v) is 7.15. The summed E-state index contributed by atoms with van der Waals surface area (Å²) in [4.78, 5) is 22.2. The molecule has 0 saturated carbocycles. The van der Waals surface area contributed by atoms with E-state index in [1.807, 2.05) is 24.3 Å². The average molecular weight is 509 g/mol. The standard InChI is InChI=1S/C29H40N4O2S/c1-21(2)33(22(3)4)17-16-32(29-31-27(20-36-29)25-11-7-23(5)8-12-25)19-24-9-13-26(14-10-24)28(34)30-15-18-35-6/h7-14,20-22H,15-19H2,1-6H3,(H,30,34). The Morgan fingerprint density at radius 2 is 1.67 bits per heavy atom. The molecule has 0 saturated heterocycles. The second-order valence-electron chi connectivity index (χ2n) is 9.67. The molecule has 0 radical (unpaired) electrons. The maximum absolute atomic E-state index is 12.3. The molecule has 1 heterocycles. The van der Waals surface area contributed by atoms with Gasteiger partial charge in [-0.15, -0.1) is 11.3 Å². The number of hydrogen-bond donors (Lipinski definition) is 1. The zero-order valence-electron chi connectivity index (χ0n) is 22.5. The van der Waals surface area contributed by atoms with Gasteiger partial charge in [-0.05, 0) is 52.3 Å². The van der Waals surface area contributed by atoms with Crippen molar-refractivity contribution in [3.8, 4) is 11.3 Å². The average Bonchev–Trinajstić information content (AvgIpc) is 3.34. The Morgan fingerprint density at radius 3 is 2.28 bits per heavy atom. The van der Waals surface area contributed by atoms with Crippen LogP contribution in [0.2, 0.25) is 0 Å². The van der Waals surface area contributed by atoms with Crippen LogP contribution in [0.4, 0.5) is 5.13 Å². The number of benzene rings is 2. The Bertz CT molecular complexity index is 1070. The molecule has 0 atom stereocenters. The van der Waals surface area contributed by atoms with Crippen molar-refractivity contribution in [2.45, 2.75) is 53.2 Å². The van der Waals surface area contributed by atoms with Crippen molar-refractivity contribution in [2.75, 3.05) is 38.3 Å². The molecule has 0 aliphatic rings. The van der Waals surface area contributed by atoms with Gasteiger partial charge in [-0.2, -0.15) is 0 Å². The summed E-state index contributed by atoms with van der Waals surface area (Å²) in [6.45, 7) is 14.7. The first kappa shape index (κ1) is 27.8.